The number of hydroxylamine groups is 4. The van der Waals surface area contributed by atoms with Crippen LogP contribution in [0.4, 0.5) is 9.59 Å². The van der Waals surface area contributed by atoms with Crippen molar-refractivity contribution in [3.63, 3.8) is 0 Å². The van der Waals surface area contributed by atoms with Gasteiger partial charge < -0.3 is 31.2 Å². The van der Waals surface area contributed by atoms with Crippen LogP contribution in [-0.4, -0.2) is 92.0 Å². The van der Waals surface area contributed by atoms with E-state index in [1.165, 1.54) is 33.2 Å². The van der Waals surface area contributed by atoms with Gasteiger partial charge in [-0.15, -0.1) is 11.8 Å². The topological polar surface area (TPSA) is 174 Å². The first-order valence-corrected chi connectivity index (χ1v) is 19.2. The van der Waals surface area contributed by atoms with Crippen molar-refractivity contribution >= 4 is 35.8 Å². The summed E-state index contributed by atoms with van der Waals surface area (Å²) < 4.78 is 10.5. The summed E-state index contributed by atoms with van der Waals surface area (Å²) in [4.78, 5) is 60.3. The zero-order valence-corrected chi connectivity index (χ0v) is 36.5. The van der Waals surface area contributed by atoms with Crippen LogP contribution in [0.15, 0.2) is 72.3 Å². The van der Waals surface area contributed by atoms with E-state index in [0.29, 0.717) is 25.9 Å². The third-order valence-corrected chi connectivity index (χ3v) is 7.88. The summed E-state index contributed by atoms with van der Waals surface area (Å²) in [5, 5.41) is 10.6. The summed E-state index contributed by atoms with van der Waals surface area (Å²) in [6.45, 7) is 23.0. The van der Waals surface area contributed by atoms with Crippen molar-refractivity contribution in [2.45, 2.75) is 105 Å². The van der Waals surface area contributed by atoms with Crippen LogP contribution < -0.4 is 21.7 Å². The molecule has 2 rings (SSSR count). The number of nitrogens with two attached hydrogens (primary N) is 1. The summed E-state index contributed by atoms with van der Waals surface area (Å²) in [5.74, 6) is -0.740. The Kier molecular flexibility index (Phi) is 23.5. The highest BCUT2D eigenvalue weighted by Crippen LogP contribution is 2.14. The molecule has 0 bridgehead atoms. The number of nitrogens with one attached hydrogen (secondary N) is 3. The molecule has 0 saturated carbocycles. The molecule has 14 nitrogen and oxygen atoms in total. The maximum absolute atomic E-state index is 12.6. The Morgan fingerprint density at radius 1 is 0.732 bits per heavy atom. The van der Waals surface area contributed by atoms with Crippen molar-refractivity contribution < 1.29 is 38.3 Å². The van der Waals surface area contributed by atoms with Crippen molar-refractivity contribution in [2.75, 3.05) is 34.6 Å². The van der Waals surface area contributed by atoms with E-state index >= 15 is 0 Å². The summed E-state index contributed by atoms with van der Waals surface area (Å²) >= 11 is 1.69. The zero-order valence-electron chi connectivity index (χ0n) is 35.7. The Morgan fingerprint density at radius 3 is 1.41 bits per heavy atom. The minimum Gasteiger partial charge on any atom is -0.444 e. The third-order valence-electron chi connectivity index (χ3n) is 7.19. The fourth-order valence-electron chi connectivity index (χ4n) is 4.39. The zero-order chi connectivity index (χ0) is 43.2. The van der Waals surface area contributed by atoms with Crippen LogP contribution in [0.25, 0.3) is 0 Å². The van der Waals surface area contributed by atoms with Crippen LogP contribution in [-0.2, 0) is 54.7 Å². The molecule has 0 aliphatic rings. The first-order valence-electron chi connectivity index (χ1n) is 18.0. The fourth-order valence-corrected chi connectivity index (χ4v) is 4.39. The molecule has 0 heterocycles. The van der Waals surface area contributed by atoms with Crippen molar-refractivity contribution in [3.05, 3.63) is 94.5 Å². The fraction of sp³-hybridized carbons (Fsp3) is 0.512. The number of ether oxygens (including phenoxy) is 2. The maximum Gasteiger partial charge on any atom is 0.408 e. The van der Waals surface area contributed by atoms with E-state index in [-0.39, 0.29) is 11.8 Å². The minimum absolute atomic E-state index is 0.305. The molecule has 314 valence electrons. The number of likely N-dealkylation sites (N-methyl/N-ethyl adjacent to an activating group) is 2. The van der Waals surface area contributed by atoms with Crippen LogP contribution in [0.2, 0.25) is 0 Å². The number of nitrogens with zero attached hydrogens (tertiary/aromatic N) is 2. The average Bonchev–Trinajstić information content (AvgIpc) is 3.11. The van der Waals surface area contributed by atoms with E-state index in [1.807, 2.05) is 68.6 Å². The molecule has 0 aliphatic heterocycles. The van der Waals surface area contributed by atoms with Gasteiger partial charge in [-0.3, -0.25) is 19.3 Å². The molecule has 0 aromatic heterocycles. The van der Waals surface area contributed by atoms with Crippen LogP contribution >= 0.6 is 11.8 Å². The van der Waals surface area contributed by atoms with Gasteiger partial charge in [-0.2, -0.15) is 0 Å². The number of carbonyl (C=O) groups excluding carboxylic acids is 4. The number of amides is 4. The molecular formula is C41H66N6O8S. The van der Waals surface area contributed by atoms with E-state index in [9.17, 15) is 19.2 Å². The lowest BCUT2D eigenvalue weighted by Gasteiger charge is -2.25. The predicted octanol–water partition coefficient (Wildman–Crippen LogP) is 6.25. The molecule has 0 radical (unpaired) electrons. The summed E-state index contributed by atoms with van der Waals surface area (Å²) in [6, 6.07) is 13.7. The van der Waals surface area contributed by atoms with E-state index in [2.05, 4.69) is 29.1 Å². The van der Waals surface area contributed by atoms with E-state index in [4.69, 9.17) is 24.9 Å². The van der Waals surface area contributed by atoms with Gasteiger partial charge in [0.05, 0.1) is 14.2 Å². The molecule has 2 aromatic carbocycles. The van der Waals surface area contributed by atoms with Gasteiger partial charge in [0.25, 0.3) is 11.8 Å². The van der Waals surface area contributed by atoms with Crippen molar-refractivity contribution in [3.8, 4) is 0 Å². The second kappa shape index (κ2) is 25.6. The molecule has 0 aliphatic carbocycles. The molecule has 2 aromatic rings. The van der Waals surface area contributed by atoms with Gasteiger partial charge >= 0.3 is 12.2 Å². The Hall–Kier alpha value is -4.57. The summed E-state index contributed by atoms with van der Waals surface area (Å²) in [7, 11) is 5.77. The number of allylic oxidation sites excluding steroid dienone is 2. The molecule has 15 heteroatoms. The molecule has 4 amide bonds. The third kappa shape index (κ3) is 23.4. The number of rotatable bonds is 15. The number of thioether (sulfide) groups is 1. The monoisotopic (exact) mass is 802 g/mol. The molecule has 2 atom stereocenters. The van der Waals surface area contributed by atoms with Crippen LogP contribution in [0.3, 0.4) is 0 Å². The highest BCUT2D eigenvalue weighted by atomic mass is 32.2. The molecule has 0 saturated heterocycles. The second-order valence-corrected chi connectivity index (χ2v) is 15.8. The molecule has 0 unspecified atom stereocenters. The van der Waals surface area contributed by atoms with Gasteiger partial charge in [0.2, 0.25) is 0 Å². The maximum atomic E-state index is 12.6. The predicted molar refractivity (Wildman–Crippen MR) is 224 cm³/mol. The number of carbonyl (C=O) groups is 4. The Bertz CT molecular complexity index is 1570. The average molecular weight is 803 g/mol. The van der Waals surface area contributed by atoms with Crippen LogP contribution in [0.5, 0.6) is 0 Å². The van der Waals surface area contributed by atoms with Gasteiger partial charge in [0.15, 0.2) is 0 Å². The van der Waals surface area contributed by atoms with Gasteiger partial charge in [0.1, 0.15) is 23.3 Å². The smallest absolute Gasteiger partial charge is 0.408 e. The molecule has 0 fully saturated rings. The lowest BCUT2D eigenvalue weighted by Crippen LogP contribution is -2.49. The van der Waals surface area contributed by atoms with Crippen LogP contribution in [0, 0.1) is 0 Å². The van der Waals surface area contributed by atoms with Gasteiger partial charge in [-0.1, -0.05) is 61.7 Å². The summed E-state index contributed by atoms with van der Waals surface area (Å²) in [6.07, 6.45) is 1.33. The van der Waals surface area contributed by atoms with Crippen molar-refractivity contribution in [2.24, 2.45) is 5.73 Å². The highest BCUT2D eigenvalue weighted by Gasteiger charge is 2.28. The van der Waals surface area contributed by atoms with E-state index in [1.54, 1.807) is 53.3 Å². The standard InChI is InChI=1S/C20H31N3O4.C17H27N3O4.C4H8S/c1-14(2)21-13-16-10-8-9-15(11-16)12-17(18(24)23(6)26-7)22-19(25)27-20(3,4)5;1-17(2,3)24-16(22)19-14(15(21)20(4)23-5)10-12-7-6-8-13(9-12)11-18;1-4(2)5-3/h8-11,17,21H,1,12-13H2,2-7H3,(H,22,25);6-9,14H,10-11,18H2,1-5H3,(H,19,22);1H2,2-3H3/t17-;14-;/m00./s1. The van der Waals surface area contributed by atoms with Gasteiger partial charge in [0, 0.05) is 45.7 Å². The Morgan fingerprint density at radius 2 is 1.09 bits per heavy atom. The van der Waals surface area contributed by atoms with E-state index < -0.39 is 35.5 Å². The Balaban J connectivity index is 0.000000968. The van der Waals surface area contributed by atoms with E-state index in [0.717, 1.165) is 38.1 Å². The minimum atomic E-state index is -0.811. The first kappa shape index (κ1) is 51.4. The normalized spacial score (nSPS) is 11.8. The number of alkyl carbamates (subject to hydrolysis) is 2. The Labute approximate surface area is 338 Å². The largest absolute Gasteiger partial charge is 0.444 e. The SMILES string of the molecule is C=C(C)NCc1cccc(C[C@H](NC(=O)OC(C)(C)C)C(=O)N(C)OC)c1.C=C(C)SC.CON(C)C(=O)[C@H](Cc1cccc(CN)c1)NC(=O)OC(C)(C)C. The lowest BCUT2D eigenvalue weighted by atomic mass is 10.0. The summed E-state index contributed by atoms with van der Waals surface area (Å²) in [5.41, 5.74) is 9.03. The molecule has 56 heavy (non-hydrogen) atoms. The van der Waals surface area contributed by atoms with Crippen molar-refractivity contribution in [1.29, 1.82) is 0 Å². The number of benzene rings is 2. The van der Waals surface area contributed by atoms with Crippen LogP contribution in [0.1, 0.15) is 77.6 Å². The van der Waals surface area contributed by atoms with Gasteiger partial charge in [-0.05, 0) is 88.8 Å². The first-order chi connectivity index (χ1) is 25.9. The highest BCUT2D eigenvalue weighted by molar-refractivity contribution is 8.02. The van der Waals surface area contributed by atoms with Gasteiger partial charge in [-0.25, -0.2) is 19.7 Å². The molecule has 0 spiro atoms. The number of hydrogen-bond acceptors (Lipinski definition) is 11. The molecular weight excluding hydrogens is 737 g/mol. The second-order valence-electron chi connectivity index (χ2n) is 14.7. The quantitative estimate of drug-likeness (QED) is 0.150. The molecule has 5 N–H and O–H groups in total. The number of hydrogen-bond donors (Lipinski definition) is 4. The lowest BCUT2D eigenvalue weighted by molar-refractivity contribution is -0.171. The van der Waals surface area contributed by atoms with Crippen molar-refractivity contribution in [1.82, 2.24) is 26.1 Å².